The normalized spacial score (nSPS) is 17.2. The van der Waals surface area contributed by atoms with Gasteiger partial charge in [0.2, 0.25) is 11.8 Å². The summed E-state index contributed by atoms with van der Waals surface area (Å²) in [6.45, 7) is 4.73. The van der Waals surface area contributed by atoms with Gasteiger partial charge in [-0.3, -0.25) is 19.2 Å². The zero-order valence-electron chi connectivity index (χ0n) is 16.4. The van der Waals surface area contributed by atoms with Gasteiger partial charge in [-0.15, -0.1) is 0 Å². The molecule has 2 heterocycles. The van der Waals surface area contributed by atoms with Crippen LogP contribution in [0.4, 0.5) is 8.78 Å². The van der Waals surface area contributed by atoms with Crippen molar-refractivity contribution >= 4 is 11.8 Å². The van der Waals surface area contributed by atoms with Gasteiger partial charge >= 0.3 is 0 Å². The molecule has 0 aliphatic carbocycles. The Morgan fingerprint density at radius 1 is 1.34 bits per heavy atom. The molecule has 1 aromatic heterocycles. The minimum atomic E-state index is -0.924. The van der Waals surface area contributed by atoms with E-state index in [0.29, 0.717) is 38.3 Å². The van der Waals surface area contributed by atoms with Gasteiger partial charge in [-0.1, -0.05) is 6.07 Å². The van der Waals surface area contributed by atoms with E-state index in [-0.39, 0.29) is 24.8 Å². The third kappa shape index (κ3) is 5.38. The van der Waals surface area contributed by atoms with E-state index in [2.05, 4.69) is 10.4 Å². The number of likely N-dealkylation sites (N-methyl/N-ethyl adjacent to an activating group) is 1. The summed E-state index contributed by atoms with van der Waals surface area (Å²) in [6, 6.07) is 4.86. The first-order valence-corrected chi connectivity index (χ1v) is 9.68. The second kappa shape index (κ2) is 9.60. The summed E-state index contributed by atoms with van der Waals surface area (Å²) < 4.78 is 28.5. The number of nitrogens with one attached hydrogen (secondary N) is 1. The van der Waals surface area contributed by atoms with Crippen LogP contribution in [0.1, 0.15) is 18.9 Å². The maximum absolute atomic E-state index is 13.5. The summed E-state index contributed by atoms with van der Waals surface area (Å²) >= 11 is 0. The van der Waals surface area contributed by atoms with Crippen LogP contribution in [0.25, 0.3) is 0 Å². The molecular formula is C20H25F2N5O2. The van der Waals surface area contributed by atoms with Gasteiger partial charge in [0, 0.05) is 45.1 Å². The van der Waals surface area contributed by atoms with Gasteiger partial charge in [0.25, 0.3) is 0 Å². The maximum atomic E-state index is 13.5. The molecular weight excluding hydrogens is 380 g/mol. The second-order valence-corrected chi connectivity index (χ2v) is 6.97. The number of halogens is 2. The first kappa shape index (κ1) is 20.9. The number of aromatic nitrogens is 2. The third-order valence-corrected chi connectivity index (χ3v) is 5.07. The number of hydrogen-bond acceptors (Lipinski definition) is 4. The number of hydrogen-bond donors (Lipinski definition) is 1. The fourth-order valence-corrected chi connectivity index (χ4v) is 3.46. The van der Waals surface area contributed by atoms with Gasteiger partial charge in [0.05, 0.1) is 19.0 Å². The highest BCUT2D eigenvalue weighted by molar-refractivity contribution is 5.88. The molecule has 7 nitrogen and oxygen atoms in total. The van der Waals surface area contributed by atoms with Gasteiger partial charge < -0.3 is 10.2 Å². The van der Waals surface area contributed by atoms with Gasteiger partial charge in [0.1, 0.15) is 0 Å². The summed E-state index contributed by atoms with van der Waals surface area (Å²) in [5.41, 5.74) is 0.557. The summed E-state index contributed by atoms with van der Waals surface area (Å²) in [5, 5.41) is 6.92. The number of amides is 2. The second-order valence-electron chi connectivity index (χ2n) is 6.97. The van der Waals surface area contributed by atoms with E-state index in [1.807, 2.05) is 24.1 Å². The lowest BCUT2D eigenvalue weighted by Gasteiger charge is -2.35. The molecule has 1 aliphatic heterocycles. The SMILES string of the molecule is CCN(CCn1cccn1)C(=O)C[C@@H]1C(=O)NCCN1Cc1ccc(F)c(F)c1. The van der Waals surface area contributed by atoms with Crippen molar-refractivity contribution in [1.29, 1.82) is 0 Å². The first-order valence-electron chi connectivity index (χ1n) is 9.68. The predicted molar refractivity (Wildman–Crippen MR) is 103 cm³/mol. The largest absolute Gasteiger partial charge is 0.353 e. The lowest BCUT2D eigenvalue weighted by Crippen LogP contribution is -2.56. The highest BCUT2D eigenvalue weighted by Crippen LogP contribution is 2.17. The van der Waals surface area contributed by atoms with Crippen LogP contribution in [0.15, 0.2) is 36.7 Å². The standard InChI is InChI=1S/C20H25F2N5O2/c1-2-25(10-11-27-8-3-6-24-27)19(28)13-18-20(29)23-7-9-26(18)14-15-4-5-16(21)17(22)12-15/h3-6,8,12,18H,2,7,9-11,13-14H2,1H3,(H,23,29)/t18-/m1/s1. The van der Waals surface area contributed by atoms with E-state index in [9.17, 15) is 18.4 Å². The van der Waals surface area contributed by atoms with Crippen LogP contribution in [0, 0.1) is 11.6 Å². The summed E-state index contributed by atoms with van der Waals surface area (Å²) in [7, 11) is 0. The van der Waals surface area contributed by atoms with Crippen molar-refractivity contribution in [3.05, 3.63) is 53.9 Å². The predicted octanol–water partition coefficient (Wildman–Crippen LogP) is 1.40. The first-order chi connectivity index (χ1) is 14.0. The molecule has 1 aromatic carbocycles. The Morgan fingerprint density at radius 2 is 2.17 bits per heavy atom. The molecule has 156 valence electrons. The Balaban J connectivity index is 1.65. The molecule has 0 spiro atoms. The highest BCUT2D eigenvalue weighted by atomic mass is 19.2. The molecule has 1 fully saturated rings. The molecule has 1 N–H and O–H groups in total. The third-order valence-electron chi connectivity index (χ3n) is 5.07. The fraction of sp³-hybridized carbons (Fsp3) is 0.450. The topological polar surface area (TPSA) is 70.5 Å². The van der Waals surface area contributed by atoms with Crippen molar-refractivity contribution in [3.8, 4) is 0 Å². The van der Waals surface area contributed by atoms with Gasteiger partial charge in [-0.2, -0.15) is 5.10 Å². The van der Waals surface area contributed by atoms with E-state index in [1.165, 1.54) is 6.07 Å². The summed E-state index contributed by atoms with van der Waals surface area (Å²) in [4.78, 5) is 28.8. The zero-order chi connectivity index (χ0) is 20.8. The molecule has 0 unspecified atom stereocenters. The molecule has 9 heteroatoms. The van der Waals surface area contributed by atoms with Crippen LogP contribution in [0.5, 0.6) is 0 Å². The fourth-order valence-electron chi connectivity index (χ4n) is 3.46. The smallest absolute Gasteiger partial charge is 0.237 e. The summed E-state index contributed by atoms with van der Waals surface area (Å²) in [6.07, 6.45) is 3.54. The number of piperazine rings is 1. The molecule has 2 aromatic rings. The van der Waals surface area contributed by atoms with E-state index >= 15 is 0 Å². The monoisotopic (exact) mass is 405 g/mol. The van der Waals surface area contributed by atoms with Crippen molar-refractivity contribution in [2.75, 3.05) is 26.2 Å². The molecule has 1 aliphatic rings. The van der Waals surface area contributed by atoms with Crippen LogP contribution in [0.2, 0.25) is 0 Å². The lowest BCUT2D eigenvalue weighted by molar-refractivity contribution is -0.139. The summed E-state index contributed by atoms with van der Waals surface area (Å²) in [5.74, 6) is -2.19. The molecule has 29 heavy (non-hydrogen) atoms. The molecule has 0 radical (unpaired) electrons. The van der Waals surface area contributed by atoms with Crippen molar-refractivity contribution in [1.82, 2.24) is 24.9 Å². The Bertz CT molecular complexity index is 843. The average molecular weight is 405 g/mol. The molecule has 0 saturated carbocycles. The number of benzene rings is 1. The molecule has 1 atom stereocenters. The minimum Gasteiger partial charge on any atom is -0.353 e. The van der Waals surface area contributed by atoms with Crippen molar-refractivity contribution < 1.29 is 18.4 Å². The van der Waals surface area contributed by atoms with Gasteiger partial charge in [-0.25, -0.2) is 8.78 Å². The minimum absolute atomic E-state index is 0.0302. The van der Waals surface area contributed by atoms with Crippen LogP contribution < -0.4 is 5.32 Å². The lowest BCUT2D eigenvalue weighted by atomic mass is 10.1. The van der Waals surface area contributed by atoms with Gasteiger partial charge in [0.15, 0.2) is 11.6 Å². The van der Waals surface area contributed by atoms with Crippen LogP contribution >= 0.6 is 0 Å². The van der Waals surface area contributed by atoms with Crippen LogP contribution in [-0.2, 0) is 22.7 Å². The Kier molecular flexibility index (Phi) is 6.92. The number of nitrogens with zero attached hydrogens (tertiary/aromatic N) is 4. The maximum Gasteiger partial charge on any atom is 0.237 e. The van der Waals surface area contributed by atoms with Crippen LogP contribution in [-0.4, -0.2) is 63.6 Å². The highest BCUT2D eigenvalue weighted by Gasteiger charge is 2.32. The average Bonchev–Trinajstić information content (AvgIpc) is 3.21. The van der Waals surface area contributed by atoms with Gasteiger partial charge in [-0.05, 0) is 30.7 Å². The Hall–Kier alpha value is -2.81. The van der Waals surface area contributed by atoms with E-state index in [4.69, 9.17) is 0 Å². The van der Waals surface area contributed by atoms with E-state index in [0.717, 1.165) is 12.1 Å². The van der Waals surface area contributed by atoms with E-state index in [1.54, 1.807) is 15.8 Å². The molecule has 1 saturated heterocycles. The van der Waals surface area contributed by atoms with Crippen molar-refractivity contribution in [2.45, 2.75) is 32.5 Å². The zero-order valence-corrected chi connectivity index (χ0v) is 16.4. The van der Waals surface area contributed by atoms with E-state index < -0.39 is 17.7 Å². The Morgan fingerprint density at radius 3 is 2.86 bits per heavy atom. The van der Waals surface area contributed by atoms with Crippen molar-refractivity contribution in [3.63, 3.8) is 0 Å². The molecule has 3 rings (SSSR count). The molecule has 2 amide bonds. The quantitative estimate of drug-likeness (QED) is 0.721. The Labute approximate surface area is 168 Å². The number of carbonyl (C=O) groups excluding carboxylic acids is 2. The van der Waals surface area contributed by atoms with Crippen molar-refractivity contribution in [2.24, 2.45) is 0 Å². The number of carbonyl (C=O) groups is 2. The number of rotatable bonds is 8. The molecule has 0 bridgehead atoms. The van der Waals surface area contributed by atoms with Crippen LogP contribution in [0.3, 0.4) is 0 Å².